The van der Waals surface area contributed by atoms with Crippen LogP contribution >= 0.6 is 11.3 Å². The number of esters is 1. The van der Waals surface area contributed by atoms with Crippen molar-refractivity contribution in [1.29, 1.82) is 0 Å². The van der Waals surface area contributed by atoms with E-state index in [1.54, 1.807) is 18.3 Å². The topological polar surface area (TPSA) is 61.2 Å². The van der Waals surface area contributed by atoms with Gasteiger partial charge < -0.3 is 4.74 Å². The van der Waals surface area contributed by atoms with Gasteiger partial charge in [-0.15, -0.1) is 0 Å². The fourth-order valence-electron chi connectivity index (χ4n) is 2.61. The minimum Gasteiger partial charge on any atom is -0.423 e. The van der Waals surface area contributed by atoms with Crippen LogP contribution in [-0.2, 0) is 11.3 Å². The van der Waals surface area contributed by atoms with Gasteiger partial charge in [-0.2, -0.15) is 0 Å². The van der Waals surface area contributed by atoms with E-state index in [0.717, 1.165) is 26.9 Å². The van der Waals surface area contributed by atoms with E-state index in [2.05, 4.69) is 4.98 Å². The highest BCUT2D eigenvalue weighted by Crippen LogP contribution is 2.23. The number of hydrogen-bond acceptors (Lipinski definition) is 5. The average molecular weight is 336 g/mol. The molecule has 5 nitrogen and oxygen atoms in total. The third-order valence-electron chi connectivity index (χ3n) is 3.68. The van der Waals surface area contributed by atoms with Crippen LogP contribution in [0.15, 0.2) is 65.6 Å². The van der Waals surface area contributed by atoms with Crippen LogP contribution in [0, 0.1) is 0 Å². The van der Waals surface area contributed by atoms with Gasteiger partial charge in [0.1, 0.15) is 12.1 Å². The summed E-state index contributed by atoms with van der Waals surface area (Å²) in [5, 5.41) is 0.890. The smallest absolute Gasteiger partial charge is 0.331 e. The third kappa shape index (κ3) is 2.57. The summed E-state index contributed by atoms with van der Waals surface area (Å²) < 4.78 is 7.73. The number of aromatic nitrogens is 2. The minimum atomic E-state index is -0.501. The van der Waals surface area contributed by atoms with Crippen molar-refractivity contribution in [3.8, 4) is 5.75 Å². The molecule has 0 amide bonds. The summed E-state index contributed by atoms with van der Waals surface area (Å²) in [6, 6.07) is 16.5. The lowest BCUT2D eigenvalue weighted by atomic mass is 10.2. The normalized spacial score (nSPS) is 11.0. The summed E-state index contributed by atoms with van der Waals surface area (Å²) in [5.41, 5.74) is 1.36. The first-order valence-corrected chi connectivity index (χ1v) is 8.17. The largest absolute Gasteiger partial charge is 0.423 e. The van der Waals surface area contributed by atoms with Gasteiger partial charge >= 0.3 is 10.8 Å². The number of hydrogen-bond donors (Lipinski definition) is 0. The highest BCUT2D eigenvalue weighted by atomic mass is 32.1. The van der Waals surface area contributed by atoms with Crippen LogP contribution < -0.4 is 9.61 Å². The fourth-order valence-corrected chi connectivity index (χ4v) is 3.50. The summed E-state index contributed by atoms with van der Waals surface area (Å²) in [6.07, 6.45) is 1.65. The first-order chi connectivity index (χ1) is 11.7. The number of fused-ring (bicyclic) bond motifs is 2. The summed E-state index contributed by atoms with van der Waals surface area (Å²) in [5.74, 6) is -0.107. The molecule has 2 aromatic carbocycles. The van der Waals surface area contributed by atoms with Crippen molar-refractivity contribution in [1.82, 2.24) is 9.55 Å². The number of ether oxygens (including phenoxy) is 1. The summed E-state index contributed by atoms with van der Waals surface area (Å²) in [4.78, 5) is 28.5. The van der Waals surface area contributed by atoms with Crippen molar-refractivity contribution in [3.63, 3.8) is 0 Å². The maximum absolute atomic E-state index is 12.3. The molecule has 0 unspecified atom stereocenters. The van der Waals surface area contributed by atoms with Gasteiger partial charge in [0.15, 0.2) is 5.75 Å². The van der Waals surface area contributed by atoms with Gasteiger partial charge in [-0.1, -0.05) is 41.7 Å². The number of para-hydroxylation sites is 2. The van der Waals surface area contributed by atoms with Crippen molar-refractivity contribution < 1.29 is 9.53 Å². The van der Waals surface area contributed by atoms with E-state index in [9.17, 15) is 9.59 Å². The van der Waals surface area contributed by atoms with Crippen molar-refractivity contribution >= 4 is 38.4 Å². The highest BCUT2D eigenvalue weighted by molar-refractivity contribution is 7.16. The van der Waals surface area contributed by atoms with E-state index in [4.69, 9.17) is 4.74 Å². The molecule has 4 rings (SSSR count). The SMILES string of the molecule is O=C(Cn1c(=O)sc2ccccc21)Oc1cccc2cccnc12. The molecular weight excluding hydrogens is 324 g/mol. The first-order valence-electron chi connectivity index (χ1n) is 7.35. The molecule has 0 saturated carbocycles. The molecule has 0 atom stereocenters. The quantitative estimate of drug-likeness (QED) is 0.426. The Bertz CT molecular complexity index is 1110. The van der Waals surface area contributed by atoms with Crippen LogP contribution in [0.3, 0.4) is 0 Å². The van der Waals surface area contributed by atoms with E-state index in [1.807, 2.05) is 42.5 Å². The van der Waals surface area contributed by atoms with E-state index in [0.29, 0.717) is 11.3 Å². The molecule has 0 N–H and O–H groups in total. The fraction of sp³-hybridized carbons (Fsp3) is 0.0556. The van der Waals surface area contributed by atoms with E-state index in [-0.39, 0.29) is 11.4 Å². The molecule has 0 bridgehead atoms. The Balaban J connectivity index is 1.65. The molecule has 2 heterocycles. The van der Waals surface area contributed by atoms with Crippen LogP contribution in [-0.4, -0.2) is 15.5 Å². The molecule has 2 aromatic heterocycles. The lowest BCUT2D eigenvalue weighted by Gasteiger charge is -2.07. The Morgan fingerprint density at radius 1 is 1.08 bits per heavy atom. The van der Waals surface area contributed by atoms with Gasteiger partial charge in [-0.05, 0) is 24.3 Å². The van der Waals surface area contributed by atoms with Crippen molar-refractivity contribution in [2.75, 3.05) is 0 Å². The Kier molecular flexibility index (Phi) is 3.59. The summed E-state index contributed by atoms with van der Waals surface area (Å²) in [6.45, 7) is -0.133. The van der Waals surface area contributed by atoms with Crippen LogP contribution in [0.4, 0.5) is 0 Å². The predicted octanol–water partition coefficient (Wildman–Crippen LogP) is 3.22. The molecule has 0 aliphatic rings. The average Bonchev–Trinajstić information content (AvgIpc) is 2.91. The summed E-state index contributed by atoms with van der Waals surface area (Å²) >= 11 is 1.12. The minimum absolute atomic E-state index is 0.133. The predicted molar refractivity (Wildman–Crippen MR) is 93.5 cm³/mol. The van der Waals surface area contributed by atoms with Gasteiger partial charge in [0.05, 0.1) is 10.2 Å². The number of thiazole rings is 1. The standard InChI is InChI=1S/C18H12N2O3S/c21-16(11-20-13-7-1-2-9-15(13)24-18(20)22)23-14-8-3-5-12-6-4-10-19-17(12)14/h1-10H,11H2. The Labute approximate surface area is 140 Å². The van der Waals surface area contributed by atoms with Crippen LogP contribution in [0.5, 0.6) is 5.75 Å². The number of rotatable bonds is 3. The molecule has 0 fully saturated rings. The molecule has 0 spiro atoms. The molecular formula is C18H12N2O3S. The monoisotopic (exact) mass is 336 g/mol. The zero-order valence-corrected chi connectivity index (χ0v) is 13.3. The third-order valence-corrected chi connectivity index (χ3v) is 4.64. The zero-order valence-electron chi connectivity index (χ0n) is 12.5. The first kappa shape index (κ1) is 14.6. The lowest BCUT2D eigenvalue weighted by Crippen LogP contribution is -2.22. The molecule has 0 saturated heterocycles. The van der Waals surface area contributed by atoms with Crippen LogP contribution in [0.1, 0.15) is 0 Å². The Morgan fingerprint density at radius 3 is 2.83 bits per heavy atom. The lowest BCUT2D eigenvalue weighted by molar-refractivity contribution is -0.134. The number of pyridine rings is 1. The van der Waals surface area contributed by atoms with Gasteiger partial charge in [-0.25, -0.2) is 4.79 Å². The molecule has 6 heteroatoms. The zero-order chi connectivity index (χ0) is 16.5. The van der Waals surface area contributed by atoms with E-state index >= 15 is 0 Å². The summed E-state index contributed by atoms with van der Waals surface area (Å²) in [7, 11) is 0. The van der Waals surface area contributed by atoms with Crippen molar-refractivity contribution in [2.45, 2.75) is 6.54 Å². The van der Waals surface area contributed by atoms with Crippen molar-refractivity contribution in [2.24, 2.45) is 0 Å². The van der Waals surface area contributed by atoms with E-state index < -0.39 is 5.97 Å². The van der Waals surface area contributed by atoms with Crippen LogP contribution in [0.2, 0.25) is 0 Å². The second-order valence-electron chi connectivity index (χ2n) is 5.23. The number of nitrogens with zero attached hydrogens (tertiary/aromatic N) is 2. The van der Waals surface area contributed by atoms with Crippen molar-refractivity contribution in [3.05, 3.63) is 70.5 Å². The highest BCUT2D eigenvalue weighted by Gasteiger charge is 2.14. The van der Waals surface area contributed by atoms with Gasteiger partial charge in [-0.3, -0.25) is 14.3 Å². The second kappa shape index (κ2) is 5.90. The number of benzene rings is 2. The molecule has 0 aliphatic carbocycles. The molecule has 4 aromatic rings. The van der Waals surface area contributed by atoms with Gasteiger partial charge in [0, 0.05) is 11.6 Å². The molecule has 118 valence electrons. The maximum atomic E-state index is 12.3. The second-order valence-corrected chi connectivity index (χ2v) is 6.22. The molecule has 0 radical (unpaired) electrons. The van der Waals surface area contributed by atoms with Gasteiger partial charge in [0.2, 0.25) is 0 Å². The van der Waals surface area contributed by atoms with Gasteiger partial charge in [0.25, 0.3) is 0 Å². The van der Waals surface area contributed by atoms with Crippen LogP contribution in [0.25, 0.3) is 21.1 Å². The number of carbonyl (C=O) groups excluding carboxylic acids is 1. The maximum Gasteiger partial charge on any atom is 0.331 e. The molecule has 24 heavy (non-hydrogen) atoms. The Hall–Kier alpha value is -2.99. The molecule has 0 aliphatic heterocycles. The Morgan fingerprint density at radius 2 is 1.92 bits per heavy atom. The van der Waals surface area contributed by atoms with E-state index in [1.165, 1.54) is 4.57 Å². The number of carbonyl (C=O) groups is 1.